The molecule has 0 fully saturated rings. The van der Waals surface area contributed by atoms with E-state index in [9.17, 15) is 0 Å². The average Bonchev–Trinajstić information content (AvgIpc) is 3.73. The molecule has 0 aliphatic rings. The van der Waals surface area contributed by atoms with E-state index in [0.717, 1.165) is 77.1 Å². The molecule has 2 aromatic heterocycles. The second-order valence-corrected chi connectivity index (χ2v) is 15.4. The summed E-state index contributed by atoms with van der Waals surface area (Å²) < 4.78 is 2.24. The number of hydrogen-bond donors (Lipinski definition) is 0. The van der Waals surface area contributed by atoms with Crippen LogP contribution in [0.25, 0.3) is 116 Å². The van der Waals surface area contributed by atoms with E-state index in [1.165, 1.54) is 21.9 Å². The molecule has 0 saturated carbocycles. The van der Waals surface area contributed by atoms with Crippen LogP contribution in [-0.2, 0) is 0 Å². The molecule has 284 valence electrons. The highest BCUT2D eigenvalue weighted by atomic mass is 15.1. The minimum atomic E-state index is 0.605. The molecule has 2 heterocycles. The molecule has 12 rings (SSSR count). The van der Waals surface area contributed by atoms with Gasteiger partial charge in [0.2, 0.25) is 0 Å². The van der Waals surface area contributed by atoms with Crippen molar-refractivity contribution >= 4 is 54.1 Å². The summed E-state index contributed by atoms with van der Waals surface area (Å²) in [5.41, 5.74) is 9.18. The molecule has 0 spiro atoms. The van der Waals surface area contributed by atoms with Crippen molar-refractivity contribution in [2.75, 3.05) is 0 Å². The number of para-hydroxylation sites is 2. The smallest absolute Gasteiger partial charge is 0.164 e. The highest BCUT2D eigenvalue weighted by Crippen LogP contribution is 2.38. The van der Waals surface area contributed by atoms with Crippen molar-refractivity contribution in [3.63, 3.8) is 0 Å². The Bertz CT molecular complexity index is 3490. The molecule has 0 aliphatic carbocycles. The van der Waals surface area contributed by atoms with Crippen LogP contribution < -0.4 is 0 Å². The Labute approximate surface area is 351 Å². The zero-order valence-electron chi connectivity index (χ0n) is 32.9. The summed E-state index contributed by atoms with van der Waals surface area (Å²) in [6.07, 6.45) is 0. The molecule has 61 heavy (non-hydrogen) atoms. The van der Waals surface area contributed by atoms with Gasteiger partial charge in [0.05, 0.1) is 11.0 Å². The standard InChI is InChI=1S/C56H35N5/c1-2-14-36(15-3-1)37-26-28-39(29-27-37)56-57-51-24-12-13-25-52(51)61(56)42-32-30-38(31-33-42)53-58-54(49-34-40-16-4-6-18-43(40)45-20-8-10-22-47(45)49)60-55(59-53)50-35-41-17-5-7-19-44(41)46-21-9-11-23-48(46)50/h1-35H. The van der Waals surface area contributed by atoms with Crippen LogP contribution in [0, 0.1) is 0 Å². The van der Waals surface area contributed by atoms with Crippen LogP contribution in [0.4, 0.5) is 0 Å². The molecule has 0 amide bonds. The van der Waals surface area contributed by atoms with Gasteiger partial charge in [-0.3, -0.25) is 4.57 Å². The van der Waals surface area contributed by atoms with Gasteiger partial charge in [-0.05, 0) is 103 Å². The molecule has 0 bridgehead atoms. The van der Waals surface area contributed by atoms with Crippen LogP contribution in [0.2, 0.25) is 0 Å². The van der Waals surface area contributed by atoms with Crippen molar-refractivity contribution < 1.29 is 0 Å². The Hall–Kier alpha value is -8.28. The summed E-state index contributed by atoms with van der Waals surface area (Å²) in [5.74, 6) is 2.74. The first-order valence-corrected chi connectivity index (χ1v) is 20.6. The normalized spacial score (nSPS) is 11.6. The van der Waals surface area contributed by atoms with Crippen LogP contribution in [0.15, 0.2) is 212 Å². The SMILES string of the molecule is c1ccc(-c2ccc(-c3nc4ccccc4n3-c3ccc(-c4nc(-c5cc6ccccc6c6ccccc56)nc(-c5cc6ccccc6c6ccccc56)n4)cc3)cc2)cc1. The third-order valence-corrected chi connectivity index (χ3v) is 11.8. The van der Waals surface area contributed by atoms with Crippen molar-refractivity contribution in [3.8, 4) is 62.4 Å². The third kappa shape index (κ3) is 5.94. The fourth-order valence-electron chi connectivity index (χ4n) is 8.91. The molecule has 0 radical (unpaired) electrons. The van der Waals surface area contributed by atoms with Gasteiger partial charge in [-0.25, -0.2) is 19.9 Å². The van der Waals surface area contributed by atoms with Gasteiger partial charge >= 0.3 is 0 Å². The Kier molecular flexibility index (Phi) is 8.10. The van der Waals surface area contributed by atoms with Crippen molar-refractivity contribution in [2.24, 2.45) is 0 Å². The maximum atomic E-state index is 5.34. The first-order valence-electron chi connectivity index (χ1n) is 20.6. The summed E-state index contributed by atoms with van der Waals surface area (Å²) in [6.45, 7) is 0. The third-order valence-electron chi connectivity index (χ3n) is 11.8. The van der Waals surface area contributed by atoms with Crippen molar-refractivity contribution in [1.82, 2.24) is 24.5 Å². The molecular weight excluding hydrogens is 743 g/mol. The summed E-state index contributed by atoms with van der Waals surface area (Å²) >= 11 is 0. The zero-order chi connectivity index (χ0) is 40.3. The quantitative estimate of drug-likeness (QED) is 0.158. The topological polar surface area (TPSA) is 56.5 Å². The van der Waals surface area contributed by atoms with Gasteiger partial charge in [0.15, 0.2) is 17.5 Å². The van der Waals surface area contributed by atoms with E-state index in [2.05, 4.69) is 205 Å². The Morgan fingerprint density at radius 2 is 0.738 bits per heavy atom. The fraction of sp³-hybridized carbons (Fsp3) is 0. The lowest BCUT2D eigenvalue weighted by Gasteiger charge is -2.14. The summed E-state index contributed by atoms with van der Waals surface area (Å²) in [7, 11) is 0. The van der Waals surface area contributed by atoms with Crippen molar-refractivity contribution in [2.45, 2.75) is 0 Å². The van der Waals surface area contributed by atoms with Gasteiger partial charge in [0.1, 0.15) is 5.82 Å². The molecule has 0 unspecified atom stereocenters. The molecule has 0 atom stereocenters. The number of fused-ring (bicyclic) bond motifs is 7. The fourth-order valence-corrected chi connectivity index (χ4v) is 8.91. The van der Waals surface area contributed by atoms with E-state index >= 15 is 0 Å². The van der Waals surface area contributed by atoms with E-state index in [0.29, 0.717) is 17.5 Å². The van der Waals surface area contributed by atoms with E-state index in [-0.39, 0.29) is 0 Å². The number of hydrogen-bond acceptors (Lipinski definition) is 4. The van der Waals surface area contributed by atoms with Crippen LogP contribution in [0.5, 0.6) is 0 Å². The number of imidazole rings is 1. The maximum Gasteiger partial charge on any atom is 0.164 e. The van der Waals surface area contributed by atoms with Gasteiger partial charge in [-0.15, -0.1) is 0 Å². The molecule has 5 nitrogen and oxygen atoms in total. The van der Waals surface area contributed by atoms with Crippen molar-refractivity contribution in [3.05, 3.63) is 212 Å². The number of nitrogens with zero attached hydrogens (tertiary/aromatic N) is 5. The lowest BCUT2D eigenvalue weighted by atomic mass is 9.96. The van der Waals surface area contributed by atoms with E-state index < -0.39 is 0 Å². The number of aromatic nitrogens is 5. The Morgan fingerprint density at radius 3 is 1.34 bits per heavy atom. The highest BCUT2D eigenvalue weighted by molar-refractivity contribution is 6.14. The summed E-state index contributed by atoms with van der Waals surface area (Å²) in [6, 6.07) is 74.5. The molecule has 0 saturated heterocycles. The van der Waals surface area contributed by atoms with Gasteiger partial charge in [-0.1, -0.05) is 164 Å². The van der Waals surface area contributed by atoms with Crippen LogP contribution >= 0.6 is 0 Å². The first-order chi connectivity index (χ1) is 30.2. The minimum Gasteiger partial charge on any atom is -0.292 e. The lowest BCUT2D eigenvalue weighted by molar-refractivity contribution is 1.07. The maximum absolute atomic E-state index is 5.34. The van der Waals surface area contributed by atoms with E-state index in [1.807, 2.05) is 12.1 Å². The van der Waals surface area contributed by atoms with Crippen LogP contribution in [-0.4, -0.2) is 24.5 Å². The Morgan fingerprint density at radius 1 is 0.295 bits per heavy atom. The lowest BCUT2D eigenvalue weighted by Crippen LogP contribution is -2.02. The Balaban J connectivity index is 1.04. The largest absolute Gasteiger partial charge is 0.292 e. The molecule has 5 heteroatoms. The molecule has 0 N–H and O–H groups in total. The van der Waals surface area contributed by atoms with Gasteiger partial charge in [0.25, 0.3) is 0 Å². The van der Waals surface area contributed by atoms with Gasteiger partial charge < -0.3 is 0 Å². The molecule has 12 aromatic rings. The number of rotatable bonds is 6. The molecule has 10 aromatic carbocycles. The number of benzene rings is 10. The van der Waals surface area contributed by atoms with Crippen LogP contribution in [0.3, 0.4) is 0 Å². The van der Waals surface area contributed by atoms with E-state index in [1.54, 1.807) is 0 Å². The summed E-state index contributed by atoms with van der Waals surface area (Å²) in [5, 5.41) is 9.20. The highest BCUT2D eigenvalue weighted by Gasteiger charge is 2.20. The summed E-state index contributed by atoms with van der Waals surface area (Å²) in [4.78, 5) is 21.1. The molecular formula is C56H35N5. The molecule has 0 aliphatic heterocycles. The van der Waals surface area contributed by atoms with Gasteiger partial charge in [0, 0.05) is 27.9 Å². The second-order valence-electron chi connectivity index (χ2n) is 15.4. The second kappa shape index (κ2) is 14.2. The van der Waals surface area contributed by atoms with E-state index in [4.69, 9.17) is 19.9 Å². The van der Waals surface area contributed by atoms with Gasteiger partial charge in [-0.2, -0.15) is 0 Å². The monoisotopic (exact) mass is 777 g/mol. The first kappa shape index (κ1) is 34.7. The average molecular weight is 778 g/mol. The predicted molar refractivity (Wildman–Crippen MR) is 252 cm³/mol. The van der Waals surface area contributed by atoms with Crippen LogP contribution in [0.1, 0.15) is 0 Å². The minimum absolute atomic E-state index is 0.605. The predicted octanol–water partition coefficient (Wildman–Crippen LogP) is 14.2. The zero-order valence-corrected chi connectivity index (χ0v) is 32.9. The van der Waals surface area contributed by atoms with Crippen molar-refractivity contribution in [1.29, 1.82) is 0 Å².